The number of benzene rings is 1. The van der Waals surface area contributed by atoms with Crippen molar-refractivity contribution in [2.24, 2.45) is 0 Å². The highest BCUT2D eigenvalue weighted by molar-refractivity contribution is 5.76. The van der Waals surface area contributed by atoms with Gasteiger partial charge in [-0.2, -0.15) is 0 Å². The maximum absolute atomic E-state index is 12.7. The number of carbonyl (C=O) groups excluding carboxylic acids is 1. The first-order valence-corrected chi connectivity index (χ1v) is 9.97. The Morgan fingerprint density at radius 1 is 1.21 bits per heavy atom. The van der Waals surface area contributed by atoms with Gasteiger partial charge >= 0.3 is 0 Å². The van der Waals surface area contributed by atoms with Gasteiger partial charge in [-0.25, -0.2) is 0 Å². The minimum Gasteiger partial charge on any atom is -0.494 e. The van der Waals surface area contributed by atoms with Crippen LogP contribution in [0.4, 0.5) is 0 Å². The fourth-order valence-corrected chi connectivity index (χ4v) is 3.83. The lowest BCUT2D eigenvalue weighted by Crippen LogP contribution is -2.39. The number of fused-ring (bicyclic) bond motifs is 1. The average Bonchev–Trinajstić information content (AvgIpc) is 3.15. The fraction of sp³-hybridized carbons (Fsp3) is 0.409. The first kappa shape index (κ1) is 18.5. The Morgan fingerprint density at radius 3 is 3.04 bits per heavy atom. The highest BCUT2D eigenvalue weighted by Crippen LogP contribution is 2.26. The molecule has 0 N–H and O–H groups in total. The van der Waals surface area contributed by atoms with Crippen LogP contribution in [0.2, 0.25) is 0 Å². The molecule has 1 amide bonds. The summed E-state index contributed by atoms with van der Waals surface area (Å²) in [4.78, 5) is 14.6. The highest BCUT2D eigenvalue weighted by Gasteiger charge is 2.27. The van der Waals surface area contributed by atoms with Crippen molar-refractivity contribution < 1.29 is 9.53 Å². The van der Waals surface area contributed by atoms with Crippen LogP contribution in [-0.4, -0.2) is 45.1 Å². The second-order valence-electron chi connectivity index (χ2n) is 7.43. The number of aryl methyl sites for hydroxylation is 1. The van der Waals surface area contributed by atoms with Crippen molar-refractivity contribution >= 4 is 11.6 Å². The smallest absolute Gasteiger partial charge is 0.222 e. The number of nitrogens with zero attached hydrogens (tertiary/aromatic N) is 4. The molecule has 0 aliphatic carbocycles. The summed E-state index contributed by atoms with van der Waals surface area (Å²) >= 11 is 0. The zero-order valence-electron chi connectivity index (χ0n) is 16.3. The number of amides is 1. The van der Waals surface area contributed by atoms with Gasteiger partial charge in [-0.3, -0.25) is 9.20 Å². The molecule has 0 unspecified atom stereocenters. The predicted molar refractivity (Wildman–Crippen MR) is 107 cm³/mol. The standard InChI is InChI=1S/C22H26N4O2/c1-17-7-4-9-19(15-17)28-14-6-11-21(27)25-12-5-8-18(16-25)22-24-23-20-10-2-3-13-26(20)22/h2-4,7,9-10,13,15,18H,5-6,8,11-12,14,16H2,1H3/t18-/m1/s1. The Labute approximate surface area is 165 Å². The lowest BCUT2D eigenvalue weighted by Gasteiger charge is -2.32. The van der Waals surface area contributed by atoms with Gasteiger partial charge in [0.15, 0.2) is 5.65 Å². The molecule has 1 aliphatic rings. The molecule has 1 atom stereocenters. The number of likely N-dealkylation sites (tertiary alicyclic amines) is 1. The molecule has 146 valence electrons. The zero-order chi connectivity index (χ0) is 19.3. The molecule has 28 heavy (non-hydrogen) atoms. The van der Waals surface area contributed by atoms with Crippen molar-refractivity contribution in [3.8, 4) is 5.75 Å². The third-order valence-corrected chi connectivity index (χ3v) is 5.27. The van der Waals surface area contributed by atoms with E-state index in [0.29, 0.717) is 19.6 Å². The van der Waals surface area contributed by atoms with Crippen molar-refractivity contribution in [3.63, 3.8) is 0 Å². The van der Waals surface area contributed by atoms with Gasteiger partial charge in [0, 0.05) is 31.6 Å². The minimum absolute atomic E-state index is 0.200. The fourth-order valence-electron chi connectivity index (χ4n) is 3.83. The lowest BCUT2D eigenvalue weighted by atomic mass is 9.97. The maximum Gasteiger partial charge on any atom is 0.222 e. The Bertz CT molecular complexity index is 952. The zero-order valence-corrected chi connectivity index (χ0v) is 16.3. The van der Waals surface area contributed by atoms with Crippen LogP contribution in [0, 0.1) is 6.92 Å². The van der Waals surface area contributed by atoms with Crippen LogP contribution in [0.3, 0.4) is 0 Å². The Balaban J connectivity index is 1.30. The molecule has 3 aromatic rings. The van der Waals surface area contributed by atoms with E-state index >= 15 is 0 Å². The van der Waals surface area contributed by atoms with Crippen LogP contribution >= 0.6 is 0 Å². The van der Waals surface area contributed by atoms with E-state index in [1.54, 1.807) is 0 Å². The van der Waals surface area contributed by atoms with Gasteiger partial charge in [0.2, 0.25) is 5.91 Å². The van der Waals surface area contributed by atoms with Gasteiger partial charge in [-0.1, -0.05) is 18.2 Å². The molecule has 1 aliphatic heterocycles. The number of rotatable bonds is 6. The van der Waals surface area contributed by atoms with Crippen LogP contribution in [0.1, 0.15) is 43.0 Å². The van der Waals surface area contributed by atoms with Crippen LogP contribution < -0.4 is 4.74 Å². The number of aromatic nitrogens is 3. The van der Waals surface area contributed by atoms with Crippen LogP contribution in [0.15, 0.2) is 48.7 Å². The molecule has 6 nitrogen and oxygen atoms in total. The molecule has 4 rings (SSSR count). The third-order valence-electron chi connectivity index (χ3n) is 5.27. The van der Waals surface area contributed by atoms with Crippen LogP contribution in [-0.2, 0) is 4.79 Å². The number of hydrogen-bond acceptors (Lipinski definition) is 4. The first-order chi connectivity index (χ1) is 13.7. The normalized spacial score (nSPS) is 17.0. The van der Waals surface area contributed by atoms with E-state index in [-0.39, 0.29) is 11.8 Å². The maximum atomic E-state index is 12.7. The molecule has 0 radical (unpaired) electrons. The van der Waals surface area contributed by atoms with E-state index in [1.807, 2.05) is 64.9 Å². The Morgan fingerprint density at radius 2 is 2.14 bits per heavy atom. The molecule has 2 aromatic heterocycles. The molecule has 1 fully saturated rings. The highest BCUT2D eigenvalue weighted by atomic mass is 16.5. The summed E-state index contributed by atoms with van der Waals surface area (Å²) in [5, 5.41) is 8.64. The monoisotopic (exact) mass is 378 g/mol. The minimum atomic E-state index is 0.200. The molecule has 0 spiro atoms. The number of pyridine rings is 1. The summed E-state index contributed by atoms with van der Waals surface area (Å²) in [6.45, 7) is 4.14. The van der Waals surface area contributed by atoms with Crippen LogP contribution in [0.5, 0.6) is 5.75 Å². The molecular formula is C22H26N4O2. The predicted octanol–water partition coefficient (Wildman–Crippen LogP) is 3.60. The van der Waals surface area contributed by atoms with Crippen molar-refractivity contribution in [2.75, 3.05) is 19.7 Å². The van der Waals surface area contributed by atoms with E-state index < -0.39 is 0 Å². The summed E-state index contributed by atoms with van der Waals surface area (Å²) in [5.41, 5.74) is 2.03. The largest absolute Gasteiger partial charge is 0.494 e. The van der Waals surface area contributed by atoms with Crippen molar-refractivity contribution in [1.82, 2.24) is 19.5 Å². The summed E-state index contributed by atoms with van der Waals surface area (Å²) < 4.78 is 7.80. The van der Waals surface area contributed by atoms with E-state index in [0.717, 1.165) is 43.0 Å². The summed E-state index contributed by atoms with van der Waals surface area (Å²) in [6, 6.07) is 13.9. The molecule has 1 saturated heterocycles. The number of ether oxygens (including phenoxy) is 1. The Hall–Kier alpha value is -2.89. The van der Waals surface area contributed by atoms with E-state index in [2.05, 4.69) is 10.2 Å². The van der Waals surface area contributed by atoms with Crippen molar-refractivity contribution in [1.29, 1.82) is 0 Å². The molecule has 6 heteroatoms. The first-order valence-electron chi connectivity index (χ1n) is 9.97. The summed E-state index contributed by atoms with van der Waals surface area (Å²) in [6.07, 6.45) is 5.27. The van der Waals surface area contributed by atoms with Crippen LogP contribution in [0.25, 0.3) is 5.65 Å². The lowest BCUT2D eigenvalue weighted by molar-refractivity contribution is -0.132. The van der Waals surface area contributed by atoms with Crippen molar-refractivity contribution in [2.45, 2.75) is 38.5 Å². The second kappa shape index (κ2) is 8.42. The molecule has 0 bridgehead atoms. The quantitative estimate of drug-likeness (QED) is 0.615. The van der Waals surface area contributed by atoms with Gasteiger partial charge in [-0.05, 0) is 56.0 Å². The van der Waals surface area contributed by atoms with Gasteiger partial charge in [0.25, 0.3) is 0 Å². The summed E-state index contributed by atoms with van der Waals surface area (Å²) in [5.74, 6) is 2.25. The molecule has 0 saturated carbocycles. The Kier molecular flexibility index (Phi) is 5.55. The molecular weight excluding hydrogens is 352 g/mol. The number of carbonyl (C=O) groups is 1. The van der Waals surface area contributed by atoms with E-state index in [9.17, 15) is 4.79 Å². The number of hydrogen-bond donors (Lipinski definition) is 0. The summed E-state index contributed by atoms with van der Waals surface area (Å²) in [7, 11) is 0. The van der Waals surface area contributed by atoms with Gasteiger partial charge in [-0.15, -0.1) is 10.2 Å². The SMILES string of the molecule is Cc1cccc(OCCCC(=O)N2CCC[C@@H](c3nnc4ccccn34)C2)c1. The second-order valence-corrected chi connectivity index (χ2v) is 7.43. The van der Waals surface area contributed by atoms with E-state index in [4.69, 9.17) is 4.74 Å². The van der Waals surface area contributed by atoms with Crippen molar-refractivity contribution in [3.05, 3.63) is 60.0 Å². The third kappa shape index (κ3) is 4.16. The average molecular weight is 378 g/mol. The van der Waals surface area contributed by atoms with Gasteiger partial charge in [0.1, 0.15) is 11.6 Å². The van der Waals surface area contributed by atoms with E-state index in [1.165, 1.54) is 5.56 Å². The molecule has 1 aromatic carbocycles. The topological polar surface area (TPSA) is 59.7 Å². The van der Waals surface area contributed by atoms with Gasteiger partial charge in [0.05, 0.1) is 6.61 Å². The molecule has 3 heterocycles. The van der Waals surface area contributed by atoms with Gasteiger partial charge < -0.3 is 9.64 Å². The number of piperidine rings is 1.